The predicted octanol–water partition coefficient (Wildman–Crippen LogP) is 3.58. The quantitative estimate of drug-likeness (QED) is 0.913. The largest absolute Gasteiger partial charge is 0.480 e. The van der Waals surface area contributed by atoms with Crippen LogP contribution in [-0.4, -0.2) is 20.8 Å². The van der Waals surface area contributed by atoms with Crippen molar-refractivity contribution in [2.75, 3.05) is 0 Å². The first-order valence-corrected chi connectivity index (χ1v) is 6.95. The fourth-order valence-electron chi connectivity index (χ4n) is 1.41. The zero-order chi connectivity index (χ0) is 14.8. The minimum absolute atomic E-state index is 0.320. The molecule has 1 N–H and O–H groups in total. The van der Waals surface area contributed by atoms with Crippen LogP contribution in [0.3, 0.4) is 0 Å². The topological polar surface area (TPSA) is 63.3 Å². The third kappa shape index (κ3) is 3.39. The van der Waals surface area contributed by atoms with Crippen molar-refractivity contribution in [3.05, 3.63) is 42.0 Å². The molecule has 0 saturated carbocycles. The molecule has 1 heterocycles. The molecule has 20 heavy (non-hydrogen) atoms. The Morgan fingerprint density at radius 1 is 1.40 bits per heavy atom. The number of aliphatic carboxylic acids is 1. The zero-order valence-electron chi connectivity index (χ0n) is 11.1. The number of aromatic nitrogens is 1. The molecule has 0 aliphatic rings. The summed E-state index contributed by atoms with van der Waals surface area (Å²) < 4.78 is 17.3. The smallest absolute Gasteiger partial charge is 0.319 e. The molecule has 0 aliphatic heterocycles. The third-order valence-corrected chi connectivity index (χ3v) is 4.08. The summed E-state index contributed by atoms with van der Waals surface area (Å²) in [5, 5.41) is 9.03. The lowest BCUT2D eigenvalue weighted by Crippen LogP contribution is -2.27. The molecule has 6 heteroatoms. The van der Waals surface area contributed by atoms with Crippen LogP contribution in [-0.2, 0) is 10.5 Å². The first-order valence-electron chi connectivity index (χ1n) is 5.96. The van der Waals surface area contributed by atoms with Gasteiger partial charge >= 0.3 is 5.97 Å². The minimum atomic E-state index is -0.880. The van der Waals surface area contributed by atoms with Gasteiger partial charge < -0.3 is 9.52 Å². The Morgan fingerprint density at radius 2 is 2.05 bits per heavy atom. The number of hydrogen-bond donors (Lipinski definition) is 1. The SMILES string of the molecule is CC(C)(SCc1coc(-c2ccc(F)cc2)n1)C(=O)O. The average molecular weight is 295 g/mol. The fourth-order valence-corrected chi connectivity index (χ4v) is 2.18. The Kier molecular flexibility index (Phi) is 4.13. The van der Waals surface area contributed by atoms with Crippen molar-refractivity contribution in [1.29, 1.82) is 0 Å². The van der Waals surface area contributed by atoms with E-state index < -0.39 is 10.7 Å². The monoisotopic (exact) mass is 295 g/mol. The zero-order valence-corrected chi connectivity index (χ0v) is 11.9. The fraction of sp³-hybridized carbons (Fsp3) is 0.286. The van der Waals surface area contributed by atoms with Gasteiger partial charge in [0.2, 0.25) is 5.89 Å². The maximum atomic E-state index is 12.8. The molecule has 2 rings (SSSR count). The van der Waals surface area contributed by atoms with Gasteiger partial charge in [0.25, 0.3) is 0 Å². The number of rotatable bonds is 5. The van der Waals surface area contributed by atoms with E-state index in [1.807, 2.05) is 0 Å². The Hall–Kier alpha value is -1.82. The number of hydrogen-bond acceptors (Lipinski definition) is 4. The van der Waals surface area contributed by atoms with E-state index >= 15 is 0 Å². The Balaban J connectivity index is 2.06. The summed E-state index contributed by atoms with van der Waals surface area (Å²) in [5.74, 6) is -0.359. The highest BCUT2D eigenvalue weighted by Crippen LogP contribution is 2.29. The summed E-state index contributed by atoms with van der Waals surface area (Å²) in [6.45, 7) is 3.28. The number of benzene rings is 1. The van der Waals surface area contributed by atoms with Gasteiger partial charge in [-0.2, -0.15) is 0 Å². The second-order valence-electron chi connectivity index (χ2n) is 4.76. The van der Waals surface area contributed by atoms with Crippen LogP contribution >= 0.6 is 11.8 Å². The second-order valence-corrected chi connectivity index (χ2v) is 6.35. The van der Waals surface area contributed by atoms with Crippen LogP contribution in [0, 0.1) is 5.82 Å². The van der Waals surface area contributed by atoms with Gasteiger partial charge in [0.15, 0.2) is 0 Å². The molecule has 0 unspecified atom stereocenters. The van der Waals surface area contributed by atoms with Gasteiger partial charge in [-0.3, -0.25) is 4.79 Å². The highest BCUT2D eigenvalue weighted by molar-refractivity contribution is 8.00. The number of oxazole rings is 1. The number of carboxylic acid groups (broad SMARTS) is 1. The number of nitrogens with zero attached hydrogens (tertiary/aromatic N) is 1. The van der Waals surface area contributed by atoms with Crippen LogP contribution in [0.2, 0.25) is 0 Å². The van der Waals surface area contributed by atoms with Crippen molar-refractivity contribution >= 4 is 17.7 Å². The van der Waals surface area contributed by atoms with Gasteiger partial charge in [-0.1, -0.05) is 0 Å². The normalized spacial score (nSPS) is 11.6. The van der Waals surface area contributed by atoms with Crippen molar-refractivity contribution in [3.8, 4) is 11.5 Å². The highest BCUT2D eigenvalue weighted by Gasteiger charge is 2.27. The van der Waals surface area contributed by atoms with Gasteiger partial charge in [-0.05, 0) is 38.1 Å². The summed E-state index contributed by atoms with van der Waals surface area (Å²) in [4.78, 5) is 15.3. The van der Waals surface area contributed by atoms with Crippen LogP contribution in [0.25, 0.3) is 11.5 Å². The lowest BCUT2D eigenvalue weighted by atomic mass is 10.2. The molecule has 0 bridgehead atoms. The molecule has 4 nitrogen and oxygen atoms in total. The molecular formula is C14H14FNO3S. The molecule has 0 saturated heterocycles. The maximum absolute atomic E-state index is 12.8. The summed E-state index contributed by atoms with van der Waals surface area (Å²) in [5.41, 5.74) is 1.34. The van der Waals surface area contributed by atoms with Crippen molar-refractivity contribution in [2.45, 2.75) is 24.3 Å². The summed E-state index contributed by atoms with van der Waals surface area (Å²) in [6.07, 6.45) is 1.49. The van der Waals surface area contributed by atoms with E-state index in [0.717, 1.165) is 0 Å². The van der Waals surface area contributed by atoms with Gasteiger partial charge in [-0.25, -0.2) is 9.37 Å². The molecule has 1 aromatic heterocycles. The van der Waals surface area contributed by atoms with Gasteiger partial charge in [0.1, 0.15) is 16.8 Å². The number of carboxylic acids is 1. The van der Waals surface area contributed by atoms with Crippen molar-refractivity contribution in [1.82, 2.24) is 4.98 Å². The van der Waals surface area contributed by atoms with E-state index in [4.69, 9.17) is 9.52 Å². The number of thioether (sulfide) groups is 1. The summed E-state index contributed by atoms with van der Waals surface area (Å²) in [7, 11) is 0. The third-order valence-electron chi connectivity index (χ3n) is 2.74. The van der Waals surface area contributed by atoms with Crippen LogP contribution in [0.1, 0.15) is 19.5 Å². The lowest BCUT2D eigenvalue weighted by molar-refractivity contribution is -0.138. The molecule has 2 aromatic rings. The van der Waals surface area contributed by atoms with Crippen molar-refractivity contribution in [3.63, 3.8) is 0 Å². The Morgan fingerprint density at radius 3 is 2.65 bits per heavy atom. The standard InChI is InChI=1S/C14H14FNO3S/c1-14(2,13(17)18)20-8-11-7-19-12(16-11)9-3-5-10(15)6-4-9/h3-7H,8H2,1-2H3,(H,17,18). The molecule has 1 aromatic carbocycles. The van der Waals surface area contributed by atoms with Gasteiger partial charge in [0.05, 0.1) is 5.69 Å². The van der Waals surface area contributed by atoms with E-state index in [0.29, 0.717) is 22.9 Å². The molecule has 0 radical (unpaired) electrons. The van der Waals surface area contributed by atoms with Gasteiger partial charge in [0, 0.05) is 11.3 Å². The van der Waals surface area contributed by atoms with Crippen molar-refractivity contribution in [2.24, 2.45) is 0 Å². The van der Waals surface area contributed by atoms with E-state index in [2.05, 4.69) is 4.98 Å². The highest BCUT2D eigenvalue weighted by atomic mass is 32.2. The van der Waals surface area contributed by atoms with Crippen LogP contribution in [0.4, 0.5) is 4.39 Å². The minimum Gasteiger partial charge on any atom is -0.480 e. The maximum Gasteiger partial charge on any atom is 0.319 e. The second kappa shape index (κ2) is 5.66. The molecule has 0 atom stereocenters. The molecule has 0 spiro atoms. The first kappa shape index (κ1) is 14.6. The van der Waals surface area contributed by atoms with E-state index in [-0.39, 0.29) is 5.82 Å². The van der Waals surface area contributed by atoms with Crippen LogP contribution in [0.5, 0.6) is 0 Å². The number of carbonyl (C=O) groups is 1. The van der Waals surface area contributed by atoms with E-state index in [9.17, 15) is 9.18 Å². The molecule has 0 aliphatic carbocycles. The van der Waals surface area contributed by atoms with E-state index in [1.54, 1.807) is 26.0 Å². The van der Waals surface area contributed by atoms with E-state index in [1.165, 1.54) is 30.2 Å². The molecule has 0 amide bonds. The van der Waals surface area contributed by atoms with Crippen LogP contribution in [0.15, 0.2) is 34.9 Å². The first-order chi connectivity index (χ1) is 9.38. The van der Waals surface area contributed by atoms with Gasteiger partial charge in [-0.15, -0.1) is 11.8 Å². The Bertz CT molecular complexity index is 607. The summed E-state index contributed by atoms with van der Waals surface area (Å²) >= 11 is 1.27. The summed E-state index contributed by atoms with van der Waals surface area (Å²) in [6, 6.07) is 5.83. The van der Waals surface area contributed by atoms with Crippen molar-refractivity contribution < 1.29 is 18.7 Å². The number of halogens is 1. The molecular weight excluding hydrogens is 281 g/mol. The van der Waals surface area contributed by atoms with Crippen LogP contribution < -0.4 is 0 Å². The molecule has 106 valence electrons. The predicted molar refractivity (Wildman–Crippen MR) is 74.9 cm³/mol. The average Bonchev–Trinajstić information content (AvgIpc) is 2.86. The molecule has 0 fully saturated rings. The lowest BCUT2D eigenvalue weighted by Gasteiger charge is -2.17. The Labute approximate surface area is 120 Å².